The summed E-state index contributed by atoms with van der Waals surface area (Å²) >= 11 is 5.39. The Bertz CT molecular complexity index is 503. The molecule has 0 radical (unpaired) electrons. The minimum Gasteiger partial charge on any atom is -0.486 e. The fourth-order valence-electron chi connectivity index (χ4n) is 3.29. The molecule has 1 fully saturated rings. The van der Waals surface area contributed by atoms with E-state index in [9.17, 15) is 5.11 Å². The molecule has 19 heavy (non-hydrogen) atoms. The van der Waals surface area contributed by atoms with Crippen molar-refractivity contribution in [1.82, 2.24) is 0 Å². The Morgan fingerprint density at radius 2 is 2.16 bits per heavy atom. The highest BCUT2D eigenvalue weighted by atomic mass is 79.9. The Balaban J connectivity index is 1.94. The van der Waals surface area contributed by atoms with Gasteiger partial charge < -0.3 is 9.84 Å². The second kappa shape index (κ2) is 4.68. The molecule has 1 aromatic carbocycles. The van der Waals surface area contributed by atoms with Crippen molar-refractivity contribution >= 4 is 27.7 Å². The Morgan fingerprint density at radius 3 is 2.89 bits per heavy atom. The number of rotatable bonds is 0. The molecule has 2 heterocycles. The molecule has 2 atom stereocenters. The second-order valence-electron chi connectivity index (χ2n) is 6.52. The quantitative estimate of drug-likeness (QED) is 0.767. The SMILES string of the molecule is CC1(C)CSCC2(CC(O)c3cc(Br)ccc3O2)C1. The van der Waals surface area contributed by atoms with Crippen LogP contribution in [0.15, 0.2) is 22.7 Å². The van der Waals surface area contributed by atoms with Crippen LogP contribution in [0, 0.1) is 5.41 Å². The molecule has 0 amide bonds. The molecule has 3 rings (SSSR count). The van der Waals surface area contributed by atoms with Crippen LogP contribution in [0.3, 0.4) is 0 Å². The molecule has 0 bridgehead atoms. The molecular formula is C15H19BrO2S. The van der Waals surface area contributed by atoms with Crippen LogP contribution in [0.4, 0.5) is 0 Å². The van der Waals surface area contributed by atoms with Crippen molar-refractivity contribution in [3.05, 3.63) is 28.2 Å². The van der Waals surface area contributed by atoms with E-state index in [4.69, 9.17) is 4.74 Å². The predicted octanol–water partition coefficient (Wildman–Crippen LogP) is 4.17. The zero-order valence-electron chi connectivity index (χ0n) is 11.3. The topological polar surface area (TPSA) is 29.5 Å². The number of aliphatic hydroxyl groups is 1. The summed E-state index contributed by atoms with van der Waals surface area (Å²) in [7, 11) is 0. The zero-order valence-corrected chi connectivity index (χ0v) is 13.7. The van der Waals surface area contributed by atoms with Crippen LogP contribution in [0.1, 0.15) is 38.4 Å². The van der Waals surface area contributed by atoms with Crippen molar-refractivity contribution in [3.63, 3.8) is 0 Å². The van der Waals surface area contributed by atoms with E-state index in [2.05, 4.69) is 29.8 Å². The van der Waals surface area contributed by atoms with Crippen LogP contribution in [-0.2, 0) is 0 Å². The van der Waals surface area contributed by atoms with Crippen molar-refractivity contribution in [2.75, 3.05) is 11.5 Å². The standard InChI is InChI=1S/C15H19BrO2S/c1-14(2)7-15(9-19-8-14)6-12(17)11-5-10(16)3-4-13(11)18-15/h3-5,12,17H,6-9H2,1-2H3. The van der Waals surface area contributed by atoms with Crippen LogP contribution >= 0.6 is 27.7 Å². The van der Waals surface area contributed by atoms with Crippen LogP contribution in [0.5, 0.6) is 5.75 Å². The van der Waals surface area contributed by atoms with E-state index in [1.54, 1.807) is 0 Å². The van der Waals surface area contributed by atoms with Gasteiger partial charge in [-0.05, 0) is 35.8 Å². The third kappa shape index (κ3) is 2.67. The van der Waals surface area contributed by atoms with Gasteiger partial charge >= 0.3 is 0 Å². The highest BCUT2D eigenvalue weighted by Crippen LogP contribution is 2.49. The van der Waals surface area contributed by atoms with Crippen LogP contribution in [-0.4, -0.2) is 22.2 Å². The minimum absolute atomic E-state index is 0.202. The normalized spacial score (nSPS) is 32.7. The molecule has 2 aliphatic rings. The average molecular weight is 343 g/mol. The predicted molar refractivity (Wildman–Crippen MR) is 82.8 cm³/mol. The van der Waals surface area contributed by atoms with Crippen molar-refractivity contribution in [2.24, 2.45) is 5.41 Å². The highest BCUT2D eigenvalue weighted by Gasteiger charge is 2.46. The Labute approximate surface area is 127 Å². The molecule has 1 spiro atoms. The first-order valence-corrected chi connectivity index (χ1v) is 8.58. The van der Waals surface area contributed by atoms with E-state index in [0.29, 0.717) is 6.42 Å². The van der Waals surface area contributed by atoms with E-state index in [1.807, 2.05) is 30.0 Å². The van der Waals surface area contributed by atoms with Gasteiger partial charge in [-0.15, -0.1) is 0 Å². The maximum absolute atomic E-state index is 10.5. The van der Waals surface area contributed by atoms with Gasteiger partial charge in [-0.2, -0.15) is 11.8 Å². The van der Waals surface area contributed by atoms with E-state index >= 15 is 0 Å². The van der Waals surface area contributed by atoms with Gasteiger partial charge in [0.2, 0.25) is 0 Å². The van der Waals surface area contributed by atoms with Gasteiger partial charge in [-0.3, -0.25) is 0 Å². The largest absolute Gasteiger partial charge is 0.486 e. The minimum atomic E-state index is -0.421. The molecule has 0 aromatic heterocycles. The van der Waals surface area contributed by atoms with Gasteiger partial charge in [-0.25, -0.2) is 0 Å². The lowest BCUT2D eigenvalue weighted by Gasteiger charge is -2.48. The number of thioether (sulfide) groups is 1. The Hall–Kier alpha value is -0.190. The molecule has 4 heteroatoms. The number of benzene rings is 1. The Kier molecular flexibility index (Phi) is 3.39. The molecule has 2 aliphatic heterocycles. The van der Waals surface area contributed by atoms with Gasteiger partial charge in [0.05, 0.1) is 6.10 Å². The number of hydrogen-bond donors (Lipinski definition) is 1. The first kappa shape index (κ1) is 13.8. The lowest BCUT2D eigenvalue weighted by molar-refractivity contribution is -0.0255. The smallest absolute Gasteiger partial charge is 0.126 e. The fraction of sp³-hybridized carbons (Fsp3) is 0.600. The third-order valence-electron chi connectivity index (χ3n) is 3.88. The molecule has 0 aliphatic carbocycles. The van der Waals surface area contributed by atoms with E-state index in [1.165, 1.54) is 5.75 Å². The molecule has 2 unspecified atom stereocenters. The van der Waals surface area contributed by atoms with Gasteiger partial charge in [0, 0.05) is 22.2 Å². The fourth-order valence-corrected chi connectivity index (χ4v) is 5.08. The maximum Gasteiger partial charge on any atom is 0.126 e. The molecule has 1 aromatic rings. The van der Waals surface area contributed by atoms with Crippen LogP contribution in [0.2, 0.25) is 0 Å². The van der Waals surface area contributed by atoms with Crippen molar-refractivity contribution in [1.29, 1.82) is 0 Å². The van der Waals surface area contributed by atoms with Crippen molar-refractivity contribution in [2.45, 2.75) is 38.4 Å². The molecule has 2 nitrogen and oxygen atoms in total. The monoisotopic (exact) mass is 342 g/mol. The van der Waals surface area contributed by atoms with Crippen LogP contribution in [0.25, 0.3) is 0 Å². The van der Waals surface area contributed by atoms with E-state index in [-0.39, 0.29) is 11.0 Å². The summed E-state index contributed by atoms with van der Waals surface area (Å²) in [5.74, 6) is 2.99. The second-order valence-corrected chi connectivity index (χ2v) is 8.42. The molecule has 0 saturated carbocycles. The summed E-state index contributed by atoms with van der Waals surface area (Å²) in [6.45, 7) is 4.57. The van der Waals surface area contributed by atoms with Gasteiger partial charge in [0.15, 0.2) is 0 Å². The number of aliphatic hydroxyl groups excluding tert-OH is 1. The number of hydrogen-bond acceptors (Lipinski definition) is 3. The Morgan fingerprint density at radius 1 is 1.37 bits per heavy atom. The van der Waals surface area contributed by atoms with E-state index in [0.717, 1.165) is 28.0 Å². The number of halogens is 1. The molecule has 1 N–H and O–H groups in total. The van der Waals surface area contributed by atoms with Gasteiger partial charge in [0.25, 0.3) is 0 Å². The summed E-state index contributed by atoms with van der Waals surface area (Å²) < 4.78 is 7.31. The van der Waals surface area contributed by atoms with Gasteiger partial charge in [0.1, 0.15) is 11.4 Å². The number of fused-ring (bicyclic) bond motifs is 1. The first-order chi connectivity index (χ1) is 8.89. The summed E-state index contributed by atoms with van der Waals surface area (Å²) in [6, 6.07) is 5.91. The van der Waals surface area contributed by atoms with Crippen molar-refractivity contribution in [3.8, 4) is 5.75 Å². The lowest BCUT2D eigenvalue weighted by atomic mass is 9.77. The molecule has 104 valence electrons. The lowest BCUT2D eigenvalue weighted by Crippen LogP contribution is -2.50. The van der Waals surface area contributed by atoms with E-state index < -0.39 is 6.10 Å². The maximum atomic E-state index is 10.5. The summed E-state index contributed by atoms with van der Waals surface area (Å²) in [4.78, 5) is 0. The average Bonchev–Trinajstić information content (AvgIpc) is 2.29. The first-order valence-electron chi connectivity index (χ1n) is 6.64. The zero-order chi connectivity index (χ0) is 13.7. The highest BCUT2D eigenvalue weighted by molar-refractivity contribution is 9.10. The molecular weight excluding hydrogens is 324 g/mol. The summed E-state index contributed by atoms with van der Waals surface area (Å²) in [6.07, 6.45) is 1.29. The number of ether oxygens (including phenoxy) is 1. The molecule has 1 saturated heterocycles. The summed E-state index contributed by atoms with van der Waals surface area (Å²) in [5.41, 5.74) is 0.982. The summed E-state index contributed by atoms with van der Waals surface area (Å²) in [5, 5.41) is 10.5. The van der Waals surface area contributed by atoms with Crippen molar-refractivity contribution < 1.29 is 9.84 Å². The third-order valence-corrected chi connectivity index (χ3v) is 6.09. The van der Waals surface area contributed by atoms with Crippen LogP contribution < -0.4 is 4.74 Å². The van der Waals surface area contributed by atoms with Gasteiger partial charge in [-0.1, -0.05) is 29.8 Å².